The third kappa shape index (κ3) is 4.02. The van der Waals surface area contributed by atoms with Crippen molar-refractivity contribution in [3.8, 4) is 5.75 Å². The molecular formula is C12H19NO3S. The number of hydrogen-bond donors (Lipinski definition) is 1. The van der Waals surface area contributed by atoms with E-state index in [1.807, 2.05) is 6.92 Å². The summed E-state index contributed by atoms with van der Waals surface area (Å²) in [6.45, 7) is 2.81. The van der Waals surface area contributed by atoms with Crippen molar-refractivity contribution in [2.45, 2.75) is 24.7 Å². The Hall–Kier alpha value is -1.07. The minimum atomic E-state index is -3.23. The van der Waals surface area contributed by atoms with Crippen molar-refractivity contribution < 1.29 is 13.2 Å². The molecule has 2 N–H and O–H groups in total. The molecule has 0 fully saturated rings. The summed E-state index contributed by atoms with van der Waals surface area (Å²) in [7, 11) is -3.23. The van der Waals surface area contributed by atoms with Crippen molar-refractivity contribution in [1.82, 2.24) is 0 Å². The number of ether oxygens (including phenoxy) is 1. The molecule has 0 bridgehead atoms. The highest BCUT2D eigenvalue weighted by Crippen LogP contribution is 2.24. The summed E-state index contributed by atoms with van der Waals surface area (Å²) in [6.07, 6.45) is 1.31. The Morgan fingerprint density at radius 1 is 1.29 bits per heavy atom. The lowest BCUT2D eigenvalue weighted by atomic mass is 10.3. The molecule has 1 aromatic rings. The number of rotatable bonds is 7. The van der Waals surface area contributed by atoms with Crippen LogP contribution in [0.5, 0.6) is 5.75 Å². The fraction of sp³-hybridized carbons (Fsp3) is 0.500. The second-order valence-electron chi connectivity index (χ2n) is 3.76. The van der Waals surface area contributed by atoms with Gasteiger partial charge in [-0.3, -0.25) is 0 Å². The van der Waals surface area contributed by atoms with E-state index < -0.39 is 9.84 Å². The van der Waals surface area contributed by atoms with Crippen molar-refractivity contribution >= 4 is 9.84 Å². The predicted molar refractivity (Wildman–Crippen MR) is 68.0 cm³/mol. The third-order valence-electron chi connectivity index (χ3n) is 2.26. The standard InChI is InChI=1S/C12H19NO3S/c1-2-10-17(14,15)12-7-4-3-6-11(12)16-9-5-8-13/h3-4,6-7H,2,5,8-10,13H2,1H3. The van der Waals surface area contributed by atoms with Gasteiger partial charge in [-0.2, -0.15) is 0 Å². The van der Waals surface area contributed by atoms with E-state index in [0.29, 0.717) is 31.7 Å². The van der Waals surface area contributed by atoms with Gasteiger partial charge in [0.1, 0.15) is 10.6 Å². The molecule has 0 aromatic heterocycles. The fourth-order valence-corrected chi connectivity index (χ4v) is 2.95. The van der Waals surface area contributed by atoms with E-state index in [9.17, 15) is 8.42 Å². The molecule has 96 valence electrons. The van der Waals surface area contributed by atoms with Crippen molar-refractivity contribution in [1.29, 1.82) is 0 Å². The molecular weight excluding hydrogens is 238 g/mol. The first-order valence-corrected chi connectivity index (χ1v) is 7.41. The van der Waals surface area contributed by atoms with E-state index >= 15 is 0 Å². The van der Waals surface area contributed by atoms with Gasteiger partial charge in [-0.05, 0) is 31.5 Å². The summed E-state index contributed by atoms with van der Waals surface area (Å²) >= 11 is 0. The second kappa shape index (κ2) is 6.61. The largest absolute Gasteiger partial charge is 0.492 e. The number of para-hydroxylation sites is 1. The first-order valence-electron chi connectivity index (χ1n) is 5.76. The average molecular weight is 257 g/mol. The molecule has 0 heterocycles. The van der Waals surface area contributed by atoms with Crippen molar-refractivity contribution in [2.24, 2.45) is 5.73 Å². The Labute approximate surface area is 103 Å². The molecule has 0 atom stereocenters. The molecule has 0 spiro atoms. The normalized spacial score (nSPS) is 11.4. The molecule has 0 amide bonds. The van der Waals surface area contributed by atoms with Gasteiger partial charge in [0.15, 0.2) is 9.84 Å². The summed E-state index contributed by atoms with van der Waals surface area (Å²) in [6, 6.07) is 6.74. The van der Waals surface area contributed by atoms with Gasteiger partial charge in [-0.15, -0.1) is 0 Å². The van der Waals surface area contributed by atoms with E-state index in [4.69, 9.17) is 10.5 Å². The minimum absolute atomic E-state index is 0.143. The zero-order valence-corrected chi connectivity index (χ0v) is 10.9. The van der Waals surface area contributed by atoms with Crippen LogP contribution in [-0.4, -0.2) is 27.3 Å². The molecule has 1 rings (SSSR count). The number of nitrogens with two attached hydrogens (primary N) is 1. The SMILES string of the molecule is CCCS(=O)(=O)c1ccccc1OCCCN. The molecule has 0 radical (unpaired) electrons. The second-order valence-corrected chi connectivity index (χ2v) is 5.83. The van der Waals surface area contributed by atoms with Crippen LogP contribution in [0.25, 0.3) is 0 Å². The Balaban J connectivity index is 2.91. The van der Waals surface area contributed by atoms with Crippen molar-refractivity contribution in [3.05, 3.63) is 24.3 Å². The van der Waals surface area contributed by atoms with Gasteiger partial charge in [-0.1, -0.05) is 19.1 Å². The molecule has 4 nitrogen and oxygen atoms in total. The minimum Gasteiger partial charge on any atom is -0.492 e. The summed E-state index contributed by atoms with van der Waals surface area (Å²) in [5.41, 5.74) is 5.37. The summed E-state index contributed by atoms with van der Waals surface area (Å²) in [5.74, 6) is 0.568. The first kappa shape index (κ1) is 14.0. The van der Waals surface area contributed by atoms with Gasteiger partial charge in [0.25, 0.3) is 0 Å². The lowest BCUT2D eigenvalue weighted by Crippen LogP contribution is -2.11. The summed E-state index contributed by atoms with van der Waals surface area (Å²) < 4.78 is 29.4. The molecule has 0 saturated carbocycles. The lowest BCUT2D eigenvalue weighted by Gasteiger charge is -2.11. The van der Waals surface area contributed by atoms with Gasteiger partial charge in [0.05, 0.1) is 12.4 Å². The van der Waals surface area contributed by atoms with E-state index in [1.54, 1.807) is 24.3 Å². The molecule has 0 aliphatic heterocycles. The molecule has 5 heteroatoms. The van der Waals surface area contributed by atoms with Gasteiger partial charge in [-0.25, -0.2) is 8.42 Å². The molecule has 17 heavy (non-hydrogen) atoms. The monoisotopic (exact) mass is 257 g/mol. The highest BCUT2D eigenvalue weighted by Gasteiger charge is 2.17. The van der Waals surface area contributed by atoms with Crippen LogP contribution in [0.2, 0.25) is 0 Å². The third-order valence-corrected chi connectivity index (χ3v) is 4.22. The summed E-state index contributed by atoms with van der Waals surface area (Å²) in [4.78, 5) is 0.277. The first-order chi connectivity index (χ1) is 8.11. The topological polar surface area (TPSA) is 69.4 Å². The fourth-order valence-electron chi connectivity index (χ4n) is 1.47. The maximum atomic E-state index is 12.0. The quantitative estimate of drug-likeness (QED) is 0.753. The predicted octanol–water partition coefficient (Wildman–Crippen LogP) is 1.60. The average Bonchev–Trinajstić information content (AvgIpc) is 2.30. The number of benzene rings is 1. The summed E-state index contributed by atoms with van der Waals surface area (Å²) in [5, 5.41) is 0. The Morgan fingerprint density at radius 2 is 2.00 bits per heavy atom. The van der Waals surface area contributed by atoms with Crippen molar-refractivity contribution in [2.75, 3.05) is 18.9 Å². The molecule has 0 aliphatic rings. The van der Waals surface area contributed by atoms with Crippen molar-refractivity contribution in [3.63, 3.8) is 0 Å². The van der Waals surface area contributed by atoms with Gasteiger partial charge in [0.2, 0.25) is 0 Å². The molecule has 1 aromatic carbocycles. The van der Waals surface area contributed by atoms with Crippen LogP contribution in [0.4, 0.5) is 0 Å². The van der Waals surface area contributed by atoms with Crippen LogP contribution in [0, 0.1) is 0 Å². The van der Waals surface area contributed by atoms with E-state index in [-0.39, 0.29) is 10.6 Å². The molecule has 0 saturated heterocycles. The maximum Gasteiger partial charge on any atom is 0.182 e. The van der Waals surface area contributed by atoms with E-state index in [2.05, 4.69) is 0 Å². The number of hydrogen-bond acceptors (Lipinski definition) is 4. The van der Waals surface area contributed by atoms with E-state index in [1.165, 1.54) is 0 Å². The smallest absolute Gasteiger partial charge is 0.182 e. The van der Waals surface area contributed by atoms with Gasteiger partial charge in [0, 0.05) is 0 Å². The van der Waals surface area contributed by atoms with Crippen LogP contribution in [0.1, 0.15) is 19.8 Å². The molecule has 0 unspecified atom stereocenters. The number of sulfone groups is 1. The zero-order chi connectivity index (χ0) is 12.7. The Morgan fingerprint density at radius 3 is 2.65 bits per heavy atom. The van der Waals surface area contributed by atoms with Crippen LogP contribution >= 0.6 is 0 Å². The lowest BCUT2D eigenvalue weighted by molar-refractivity contribution is 0.305. The Kier molecular flexibility index (Phi) is 5.44. The highest BCUT2D eigenvalue weighted by atomic mass is 32.2. The van der Waals surface area contributed by atoms with Crippen LogP contribution < -0.4 is 10.5 Å². The van der Waals surface area contributed by atoms with Gasteiger partial charge < -0.3 is 10.5 Å². The van der Waals surface area contributed by atoms with Gasteiger partial charge >= 0.3 is 0 Å². The maximum absolute atomic E-state index is 12.0. The Bertz CT molecular complexity index is 443. The molecule has 0 aliphatic carbocycles. The highest BCUT2D eigenvalue weighted by molar-refractivity contribution is 7.91. The van der Waals surface area contributed by atoms with E-state index in [0.717, 1.165) is 0 Å². The zero-order valence-electron chi connectivity index (χ0n) is 10.1. The van der Waals surface area contributed by atoms with Crippen LogP contribution in [0.15, 0.2) is 29.2 Å². The van der Waals surface area contributed by atoms with Crippen LogP contribution in [0.3, 0.4) is 0 Å². The van der Waals surface area contributed by atoms with Crippen LogP contribution in [-0.2, 0) is 9.84 Å².